The summed E-state index contributed by atoms with van der Waals surface area (Å²) in [6.07, 6.45) is 0. The smallest absolute Gasteiger partial charge is 0.336 e. The molecule has 122 valence electrons. The van der Waals surface area contributed by atoms with Crippen molar-refractivity contribution in [3.63, 3.8) is 0 Å². The van der Waals surface area contributed by atoms with Gasteiger partial charge in [-0.15, -0.1) is 0 Å². The van der Waals surface area contributed by atoms with Crippen molar-refractivity contribution in [1.82, 2.24) is 4.98 Å². The van der Waals surface area contributed by atoms with E-state index < -0.39 is 5.97 Å². The molecule has 1 N–H and O–H groups in total. The van der Waals surface area contributed by atoms with Crippen molar-refractivity contribution in [3.8, 4) is 17.0 Å². The van der Waals surface area contributed by atoms with Crippen molar-refractivity contribution >= 4 is 16.9 Å². The molecule has 0 spiro atoms. The van der Waals surface area contributed by atoms with Crippen LogP contribution in [0.25, 0.3) is 22.2 Å². The summed E-state index contributed by atoms with van der Waals surface area (Å²) < 4.78 is 5.53. The summed E-state index contributed by atoms with van der Waals surface area (Å²) in [6.45, 7) is 6.47. The van der Waals surface area contributed by atoms with E-state index in [4.69, 9.17) is 9.72 Å². The van der Waals surface area contributed by atoms with Crippen LogP contribution in [-0.2, 0) is 0 Å². The maximum Gasteiger partial charge on any atom is 0.336 e. The second-order valence-corrected chi connectivity index (χ2v) is 5.72. The van der Waals surface area contributed by atoms with Crippen LogP contribution in [0, 0.1) is 13.8 Å². The number of aryl methyl sites for hydroxylation is 2. The Morgan fingerprint density at radius 2 is 1.96 bits per heavy atom. The highest BCUT2D eigenvalue weighted by molar-refractivity contribution is 6.04. The Morgan fingerprint density at radius 3 is 2.67 bits per heavy atom. The average Bonchev–Trinajstić information content (AvgIpc) is 2.58. The Labute approximate surface area is 140 Å². The normalized spacial score (nSPS) is 10.8. The number of hydrogen-bond donors (Lipinski definition) is 1. The lowest BCUT2D eigenvalue weighted by Crippen LogP contribution is -2.02. The number of carboxylic acids is 1. The van der Waals surface area contributed by atoms with E-state index in [-0.39, 0.29) is 5.56 Å². The molecule has 0 radical (unpaired) electrons. The number of nitrogens with zero attached hydrogens (tertiary/aromatic N) is 1. The SMILES string of the molecule is CCOc1cccc(-c2cc(C(=O)O)c3ccc(C)c(C)c3n2)c1. The van der Waals surface area contributed by atoms with Crippen molar-refractivity contribution in [1.29, 1.82) is 0 Å². The zero-order chi connectivity index (χ0) is 17.3. The molecule has 0 saturated carbocycles. The summed E-state index contributed by atoms with van der Waals surface area (Å²) in [5.74, 6) is -0.206. The number of aromatic carboxylic acids is 1. The van der Waals surface area contributed by atoms with Gasteiger partial charge in [-0.1, -0.05) is 24.3 Å². The van der Waals surface area contributed by atoms with E-state index in [1.165, 1.54) is 0 Å². The fourth-order valence-electron chi connectivity index (χ4n) is 2.77. The van der Waals surface area contributed by atoms with Crippen molar-refractivity contribution in [2.45, 2.75) is 20.8 Å². The van der Waals surface area contributed by atoms with Gasteiger partial charge in [0, 0.05) is 10.9 Å². The molecule has 3 aromatic rings. The monoisotopic (exact) mass is 321 g/mol. The number of pyridine rings is 1. The fraction of sp³-hybridized carbons (Fsp3) is 0.200. The first-order chi connectivity index (χ1) is 11.5. The van der Waals surface area contributed by atoms with E-state index in [1.807, 2.05) is 57.2 Å². The zero-order valence-corrected chi connectivity index (χ0v) is 14.0. The van der Waals surface area contributed by atoms with Gasteiger partial charge in [-0.25, -0.2) is 9.78 Å². The maximum absolute atomic E-state index is 11.7. The topological polar surface area (TPSA) is 59.4 Å². The highest BCUT2D eigenvalue weighted by Gasteiger charge is 2.15. The Hall–Kier alpha value is -2.88. The standard InChI is InChI=1S/C20H19NO3/c1-4-24-15-7-5-6-14(10-15)18-11-17(20(22)23)16-9-8-12(2)13(3)19(16)21-18/h5-11H,4H2,1-3H3,(H,22,23). The fourth-order valence-corrected chi connectivity index (χ4v) is 2.77. The predicted octanol–water partition coefficient (Wildman–Crippen LogP) is 4.62. The number of carboxylic acid groups (broad SMARTS) is 1. The van der Waals surface area contributed by atoms with Gasteiger partial charge in [0.2, 0.25) is 0 Å². The molecule has 4 heteroatoms. The zero-order valence-electron chi connectivity index (χ0n) is 14.0. The number of hydrogen-bond acceptors (Lipinski definition) is 3. The minimum absolute atomic E-state index is 0.264. The van der Waals surface area contributed by atoms with Gasteiger partial charge in [0.05, 0.1) is 23.4 Å². The van der Waals surface area contributed by atoms with Gasteiger partial charge in [0.15, 0.2) is 0 Å². The van der Waals surface area contributed by atoms with Crippen molar-refractivity contribution in [2.75, 3.05) is 6.61 Å². The van der Waals surface area contributed by atoms with Crippen LogP contribution < -0.4 is 4.74 Å². The van der Waals surface area contributed by atoms with Crippen molar-refractivity contribution in [3.05, 3.63) is 59.2 Å². The summed E-state index contributed by atoms with van der Waals surface area (Å²) in [5, 5.41) is 10.3. The van der Waals surface area contributed by atoms with Crippen LogP contribution >= 0.6 is 0 Å². The first kappa shape index (κ1) is 16.0. The largest absolute Gasteiger partial charge is 0.494 e. The number of benzene rings is 2. The molecule has 0 atom stereocenters. The number of ether oxygens (including phenoxy) is 1. The van der Waals surface area contributed by atoms with Gasteiger partial charge < -0.3 is 9.84 Å². The van der Waals surface area contributed by atoms with E-state index in [2.05, 4.69) is 0 Å². The molecule has 1 heterocycles. The molecule has 4 nitrogen and oxygen atoms in total. The molecule has 0 aliphatic carbocycles. The molecule has 2 aromatic carbocycles. The van der Waals surface area contributed by atoms with Gasteiger partial charge >= 0.3 is 5.97 Å². The molecule has 0 fully saturated rings. The van der Waals surface area contributed by atoms with Crippen LogP contribution in [0.4, 0.5) is 0 Å². The van der Waals surface area contributed by atoms with Crippen LogP contribution in [0.3, 0.4) is 0 Å². The Balaban J connectivity index is 2.27. The molecule has 0 aliphatic heterocycles. The van der Waals surface area contributed by atoms with E-state index in [1.54, 1.807) is 6.07 Å². The lowest BCUT2D eigenvalue weighted by molar-refractivity contribution is 0.0699. The molecule has 0 aliphatic rings. The van der Waals surface area contributed by atoms with Gasteiger partial charge in [-0.05, 0) is 50.1 Å². The number of fused-ring (bicyclic) bond motifs is 1. The summed E-state index contributed by atoms with van der Waals surface area (Å²) >= 11 is 0. The minimum Gasteiger partial charge on any atom is -0.494 e. The summed E-state index contributed by atoms with van der Waals surface area (Å²) in [5.41, 5.74) is 4.55. The Kier molecular flexibility index (Phi) is 4.21. The van der Waals surface area contributed by atoms with Crippen LogP contribution in [0.1, 0.15) is 28.4 Å². The molecular formula is C20H19NO3. The number of rotatable bonds is 4. The van der Waals surface area contributed by atoms with Crippen LogP contribution in [0.5, 0.6) is 5.75 Å². The molecular weight excluding hydrogens is 302 g/mol. The predicted molar refractivity (Wildman–Crippen MR) is 94.8 cm³/mol. The number of aromatic nitrogens is 1. The number of carbonyl (C=O) groups is 1. The second kappa shape index (κ2) is 6.32. The third-order valence-corrected chi connectivity index (χ3v) is 4.18. The summed E-state index contributed by atoms with van der Waals surface area (Å²) in [6, 6.07) is 12.9. The summed E-state index contributed by atoms with van der Waals surface area (Å²) in [4.78, 5) is 16.4. The van der Waals surface area contributed by atoms with Gasteiger partial charge in [-0.2, -0.15) is 0 Å². The highest BCUT2D eigenvalue weighted by atomic mass is 16.5. The quantitative estimate of drug-likeness (QED) is 0.762. The molecule has 0 saturated heterocycles. The first-order valence-electron chi connectivity index (χ1n) is 7.88. The Bertz CT molecular complexity index is 932. The Morgan fingerprint density at radius 1 is 1.17 bits per heavy atom. The lowest BCUT2D eigenvalue weighted by Gasteiger charge is -2.11. The van der Waals surface area contributed by atoms with E-state index in [0.29, 0.717) is 17.7 Å². The van der Waals surface area contributed by atoms with Crippen LogP contribution in [-0.4, -0.2) is 22.7 Å². The lowest BCUT2D eigenvalue weighted by atomic mass is 9.99. The minimum atomic E-state index is -0.951. The van der Waals surface area contributed by atoms with E-state index >= 15 is 0 Å². The summed E-state index contributed by atoms with van der Waals surface area (Å²) in [7, 11) is 0. The van der Waals surface area contributed by atoms with Crippen LogP contribution in [0.2, 0.25) is 0 Å². The van der Waals surface area contributed by atoms with E-state index in [0.717, 1.165) is 28.0 Å². The molecule has 0 amide bonds. The van der Waals surface area contributed by atoms with Gasteiger partial charge in [0.25, 0.3) is 0 Å². The van der Waals surface area contributed by atoms with Gasteiger partial charge in [-0.3, -0.25) is 0 Å². The van der Waals surface area contributed by atoms with Crippen LogP contribution in [0.15, 0.2) is 42.5 Å². The van der Waals surface area contributed by atoms with Crippen molar-refractivity contribution in [2.24, 2.45) is 0 Å². The molecule has 0 bridgehead atoms. The third-order valence-electron chi connectivity index (χ3n) is 4.18. The van der Waals surface area contributed by atoms with E-state index in [9.17, 15) is 9.90 Å². The van der Waals surface area contributed by atoms with Crippen molar-refractivity contribution < 1.29 is 14.6 Å². The van der Waals surface area contributed by atoms with Gasteiger partial charge in [0.1, 0.15) is 5.75 Å². The highest BCUT2D eigenvalue weighted by Crippen LogP contribution is 2.29. The first-order valence-corrected chi connectivity index (χ1v) is 7.88. The third kappa shape index (κ3) is 2.83. The second-order valence-electron chi connectivity index (χ2n) is 5.72. The molecule has 1 aromatic heterocycles. The molecule has 24 heavy (non-hydrogen) atoms. The molecule has 0 unspecified atom stereocenters. The average molecular weight is 321 g/mol. The molecule has 3 rings (SSSR count). The maximum atomic E-state index is 11.7.